The summed E-state index contributed by atoms with van der Waals surface area (Å²) in [7, 11) is 0. The second-order valence-corrected chi connectivity index (χ2v) is 5.75. The molecule has 3 heteroatoms. The second-order valence-electron chi connectivity index (χ2n) is 4.53. The van der Waals surface area contributed by atoms with Gasteiger partial charge in [-0.1, -0.05) is 27.7 Å². The number of hydrogen-bond acceptors (Lipinski definition) is 3. The van der Waals surface area contributed by atoms with Crippen LogP contribution < -0.4 is 0 Å². The third-order valence-corrected chi connectivity index (χ3v) is 4.17. The van der Waals surface area contributed by atoms with Gasteiger partial charge in [-0.2, -0.15) is 11.8 Å². The van der Waals surface area contributed by atoms with Crippen molar-refractivity contribution in [1.82, 2.24) is 4.90 Å². The molecule has 0 radical (unpaired) electrons. The largest absolute Gasteiger partial charge is 0.381 e. The molecule has 0 bridgehead atoms. The summed E-state index contributed by atoms with van der Waals surface area (Å²) in [6, 6.07) is 0. The van der Waals surface area contributed by atoms with Crippen LogP contribution in [-0.4, -0.2) is 49.3 Å². The molecule has 1 aliphatic heterocycles. The van der Waals surface area contributed by atoms with Crippen LogP contribution in [0.1, 0.15) is 47.5 Å². The summed E-state index contributed by atoms with van der Waals surface area (Å²) in [6.07, 6.45) is 2.77. The maximum atomic E-state index is 5.57. The van der Waals surface area contributed by atoms with Gasteiger partial charge in [0.25, 0.3) is 0 Å². The SMILES string of the molecule is CC.CC.CCOCC1(CN2CCSCC2)CC1. The van der Waals surface area contributed by atoms with Gasteiger partial charge < -0.3 is 9.64 Å². The minimum absolute atomic E-state index is 0.554. The molecule has 110 valence electrons. The Labute approximate surface area is 119 Å². The lowest BCUT2D eigenvalue weighted by molar-refractivity contribution is 0.0805. The van der Waals surface area contributed by atoms with Crippen LogP contribution >= 0.6 is 11.8 Å². The summed E-state index contributed by atoms with van der Waals surface area (Å²) in [5.41, 5.74) is 0.554. The second kappa shape index (κ2) is 11.1. The molecular weight excluding hydrogens is 242 g/mol. The third-order valence-electron chi connectivity index (χ3n) is 3.23. The monoisotopic (exact) mass is 275 g/mol. The molecule has 0 aromatic carbocycles. The molecule has 0 N–H and O–H groups in total. The number of thioether (sulfide) groups is 1. The van der Waals surface area contributed by atoms with E-state index in [1.165, 1.54) is 44.0 Å². The molecule has 2 rings (SSSR count). The first-order valence-electron chi connectivity index (χ1n) is 7.72. The first kappa shape index (κ1) is 18.3. The molecule has 2 nitrogen and oxygen atoms in total. The number of ether oxygens (including phenoxy) is 1. The van der Waals surface area contributed by atoms with Gasteiger partial charge in [-0.05, 0) is 19.8 Å². The zero-order valence-electron chi connectivity index (χ0n) is 13.1. The molecule has 0 aromatic rings. The highest BCUT2D eigenvalue weighted by Gasteiger charge is 2.44. The molecule has 0 unspecified atom stereocenters. The summed E-state index contributed by atoms with van der Waals surface area (Å²) >= 11 is 2.09. The molecule has 1 saturated heterocycles. The van der Waals surface area contributed by atoms with Gasteiger partial charge >= 0.3 is 0 Å². The summed E-state index contributed by atoms with van der Waals surface area (Å²) in [6.45, 7) is 15.8. The molecule has 2 fully saturated rings. The van der Waals surface area contributed by atoms with E-state index in [4.69, 9.17) is 4.74 Å². The van der Waals surface area contributed by atoms with Gasteiger partial charge in [0, 0.05) is 43.2 Å². The molecule has 2 aliphatic rings. The molecule has 0 spiro atoms. The standard InChI is InChI=1S/C11H21NOS.2C2H6/c1-2-13-10-11(3-4-11)9-12-5-7-14-8-6-12;2*1-2/h2-10H2,1H3;2*1-2H3. The highest BCUT2D eigenvalue weighted by molar-refractivity contribution is 7.99. The van der Waals surface area contributed by atoms with E-state index < -0.39 is 0 Å². The van der Waals surface area contributed by atoms with Gasteiger partial charge in [-0.25, -0.2) is 0 Å². The van der Waals surface area contributed by atoms with Crippen molar-refractivity contribution in [2.75, 3.05) is 44.4 Å². The third kappa shape index (κ3) is 7.01. The van der Waals surface area contributed by atoms with Gasteiger partial charge in [0.05, 0.1) is 6.61 Å². The fourth-order valence-corrected chi connectivity index (χ4v) is 3.06. The Bertz CT molecular complexity index is 177. The lowest BCUT2D eigenvalue weighted by Gasteiger charge is -2.30. The van der Waals surface area contributed by atoms with E-state index in [0.717, 1.165) is 13.2 Å². The molecule has 1 aliphatic carbocycles. The van der Waals surface area contributed by atoms with Crippen molar-refractivity contribution in [3.05, 3.63) is 0 Å². The van der Waals surface area contributed by atoms with E-state index in [1.54, 1.807) is 0 Å². The fourth-order valence-electron chi connectivity index (χ4n) is 2.08. The average molecular weight is 276 g/mol. The normalized spacial score (nSPS) is 21.2. The zero-order chi connectivity index (χ0) is 13.9. The van der Waals surface area contributed by atoms with Crippen molar-refractivity contribution < 1.29 is 4.74 Å². The predicted octanol–water partition coefficient (Wildman–Crippen LogP) is 3.90. The Hall–Kier alpha value is 0.270. The maximum Gasteiger partial charge on any atom is 0.0534 e. The first-order chi connectivity index (χ1) is 8.85. The maximum absolute atomic E-state index is 5.57. The first-order valence-corrected chi connectivity index (χ1v) is 8.88. The summed E-state index contributed by atoms with van der Waals surface area (Å²) in [5.74, 6) is 2.65. The van der Waals surface area contributed by atoms with Crippen molar-refractivity contribution in [3.8, 4) is 0 Å². The topological polar surface area (TPSA) is 12.5 Å². The van der Waals surface area contributed by atoms with Crippen LogP contribution in [-0.2, 0) is 4.74 Å². The number of nitrogens with zero attached hydrogens (tertiary/aromatic N) is 1. The zero-order valence-corrected chi connectivity index (χ0v) is 13.9. The van der Waals surface area contributed by atoms with Crippen molar-refractivity contribution in [2.45, 2.75) is 47.5 Å². The Kier molecular flexibility index (Phi) is 11.3. The molecule has 0 aromatic heterocycles. The Morgan fingerprint density at radius 3 is 2.06 bits per heavy atom. The Morgan fingerprint density at radius 2 is 1.61 bits per heavy atom. The summed E-state index contributed by atoms with van der Waals surface area (Å²) < 4.78 is 5.57. The quantitative estimate of drug-likeness (QED) is 0.755. The molecule has 18 heavy (non-hydrogen) atoms. The van der Waals surface area contributed by atoms with E-state index in [9.17, 15) is 0 Å². The van der Waals surface area contributed by atoms with E-state index in [1.807, 2.05) is 27.7 Å². The van der Waals surface area contributed by atoms with Gasteiger partial charge in [0.1, 0.15) is 0 Å². The minimum atomic E-state index is 0.554. The van der Waals surface area contributed by atoms with Crippen LogP contribution in [0.15, 0.2) is 0 Å². The van der Waals surface area contributed by atoms with Crippen LogP contribution in [0.4, 0.5) is 0 Å². The van der Waals surface area contributed by atoms with E-state index in [-0.39, 0.29) is 0 Å². The van der Waals surface area contributed by atoms with Crippen molar-refractivity contribution >= 4 is 11.8 Å². The fraction of sp³-hybridized carbons (Fsp3) is 1.00. The lowest BCUT2D eigenvalue weighted by Crippen LogP contribution is -2.38. The summed E-state index contributed by atoms with van der Waals surface area (Å²) in [4.78, 5) is 2.63. The van der Waals surface area contributed by atoms with Crippen molar-refractivity contribution in [3.63, 3.8) is 0 Å². The molecular formula is C15H33NOS. The Morgan fingerprint density at radius 1 is 1.06 bits per heavy atom. The highest BCUT2D eigenvalue weighted by atomic mass is 32.2. The molecule has 1 heterocycles. The van der Waals surface area contributed by atoms with Crippen molar-refractivity contribution in [1.29, 1.82) is 0 Å². The van der Waals surface area contributed by atoms with Crippen LogP contribution in [0.5, 0.6) is 0 Å². The van der Waals surface area contributed by atoms with Crippen LogP contribution in [0.25, 0.3) is 0 Å². The van der Waals surface area contributed by atoms with E-state index in [2.05, 4.69) is 23.6 Å². The van der Waals surface area contributed by atoms with Crippen LogP contribution in [0, 0.1) is 5.41 Å². The molecule has 0 atom stereocenters. The van der Waals surface area contributed by atoms with Gasteiger partial charge in [0.15, 0.2) is 0 Å². The number of hydrogen-bond donors (Lipinski definition) is 0. The highest BCUT2D eigenvalue weighted by Crippen LogP contribution is 2.46. The van der Waals surface area contributed by atoms with Gasteiger partial charge in [-0.3, -0.25) is 0 Å². The average Bonchev–Trinajstić information content (AvgIpc) is 3.22. The van der Waals surface area contributed by atoms with Gasteiger partial charge in [0.2, 0.25) is 0 Å². The molecule has 1 saturated carbocycles. The predicted molar refractivity (Wildman–Crippen MR) is 84.6 cm³/mol. The van der Waals surface area contributed by atoms with Crippen molar-refractivity contribution in [2.24, 2.45) is 5.41 Å². The van der Waals surface area contributed by atoms with Crippen LogP contribution in [0.2, 0.25) is 0 Å². The van der Waals surface area contributed by atoms with E-state index >= 15 is 0 Å². The van der Waals surface area contributed by atoms with E-state index in [0.29, 0.717) is 5.41 Å². The summed E-state index contributed by atoms with van der Waals surface area (Å²) in [5, 5.41) is 0. The number of rotatable bonds is 5. The molecule has 0 amide bonds. The smallest absolute Gasteiger partial charge is 0.0534 e. The Balaban J connectivity index is 0.000000659. The van der Waals surface area contributed by atoms with Crippen LogP contribution in [0.3, 0.4) is 0 Å². The van der Waals surface area contributed by atoms with Gasteiger partial charge in [-0.15, -0.1) is 0 Å². The minimum Gasteiger partial charge on any atom is -0.381 e. The lowest BCUT2D eigenvalue weighted by atomic mass is 10.1.